The quantitative estimate of drug-likeness (QED) is 0.350. The number of nitrogens with one attached hydrogen (secondary N) is 2. The Kier molecular flexibility index (Phi) is 6.93. The van der Waals surface area contributed by atoms with Gasteiger partial charge >= 0.3 is 0 Å². The van der Waals surface area contributed by atoms with Gasteiger partial charge in [-0.05, 0) is 19.9 Å². The van der Waals surface area contributed by atoms with E-state index in [1.54, 1.807) is 25.4 Å². The maximum Gasteiger partial charge on any atom is 0.284 e. The largest absolute Gasteiger partial charge is 0.454 e. The molecule has 11 nitrogen and oxygen atoms in total. The van der Waals surface area contributed by atoms with E-state index in [4.69, 9.17) is 14.2 Å². The van der Waals surface area contributed by atoms with Gasteiger partial charge in [-0.1, -0.05) is 0 Å². The predicted octanol–water partition coefficient (Wildman–Crippen LogP) is 3.52. The summed E-state index contributed by atoms with van der Waals surface area (Å²) in [7, 11) is 1.58. The maximum absolute atomic E-state index is 13.3. The van der Waals surface area contributed by atoms with Crippen molar-refractivity contribution >= 4 is 34.7 Å². The fourth-order valence-electron chi connectivity index (χ4n) is 3.67. The third-order valence-corrected chi connectivity index (χ3v) is 5.36. The highest BCUT2D eigenvalue weighted by atomic mass is 16.7. The predicted molar refractivity (Wildman–Crippen MR) is 127 cm³/mol. The summed E-state index contributed by atoms with van der Waals surface area (Å²) in [5.74, 6) is -0.186. The number of methoxy groups -OCH3 is 1. The van der Waals surface area contributed by atoms with Crippen molar-refractivity contribution in [3.63, 3.8) is 0 Å². The first-order valence-corrected chi connectivity index (χ1v) is 10.9. The first-order chi connectivity index (χ1) is 17.0. The molecule has 0 atom stereocenters. The van der Waals surface area contributed by atoms with Crippen molar-refractivity contribution in [2.75, 3.05) is 30.9 Å². The van der Waals surface area contributed by atoms with E-state index in [-0.39, 0.29) is 17.6 Å². The minimum Gasteiger partial charge on any atom is -0.454 e. The van der Waals surface area contributed by atoms with Crippen molar-refractivity contribution < 1.29 is 23.8 Å². The van der Waals surface area contributed by atoms with Crippen molar-refractivity contribution in [2.45, 2.75) is 26.2 Å². The first kappa shape index (κ1) is 23.7. The van der Waals surface area contributed by atoms with Gasteiger partial charge in [0, 0.05) is 43.7 Å². The number of nitrogens with zero attached hydrogens (tertiary/aromatic N) is 4. The molecule has 4 rings (SSSR count). The van der Waals surface area contributed by atoms with Gasteiger partial charge in [0.05, 0.1) is 28.9 Å². The lowest BCUT2D eigenvalue weighted by molar-refractivity contribution is -0.0280. The highest BCUT2D eigenvalue weighted by molar-refractivity contribution is 6.12. The number of ether oxygens (including phenoxy) is 3. The minimum absolute atomic E-state index is 0.00327. The summed E-state index contributed by atoms with van der Waals surface area (Å²) in [6.45, 7) is 4.85. The lowest BCUT2D eigenvalue weighted by atomic mass is 10.1. The number of aromatic nitrogens is 3. The molecule has 35 heavy (non-hydrogen) atoms. The van der Waals surface area contributed by atoms with E-state index in [1.165, 1.54) is 18.7 Å². The second-order valence-corrected chi connectivity index (χ2v) is 7.97. The zero-order chi connectivity index (χ0) is 24.9. The van der Waals surface area contributed by atoms with Crippen LogP contribution in [0.15, 0.2) is 37.1 Å². The van der Waals surface area contributed by atoms with Gasteiger partial charge in [0.25, 0.3) is 12.2 Å². The van der Waals surface area contributed by atoms with Gasteiger partial charge in [0.2, 0.25) is 0 Å². The number of hydrogen-bond acceptors (Lipinski definition) is 9. The molecular weight excluding hydrogens is 452 g/mol. The molecule has 0 saturated heterocycles. The van der Waals surface area contributed by atoms with Crippen LogP contribution in [-0.2, 0) is 14.2 Å². The molecule has 1 amide bonds. The average molecular weight is 476 g/mol. The SMILES string of the molecule is COCCNc1cc(NC(=O)c2cn(C(C)C)c3cc(C=O)c(C4OC=CO4)nc23)ncc1C#N. The molecule has 0 radical (unpaired) electrons. The Balaban J connectivity index is 1.71. The summed E-state index contributed by atoms with van der Waals surface area (Å²) in [6, 6.07) is 5.32. The second-order valence-electron chi connectivity index (χ2n) is 7.97. The van der Waals surface area contributed by atoms with Crippen LogP contribution >= 0.6 is 0 Å². The van der Waals surface area contributed by atoms with Crippen LogP contribution in [0.5, 0.6) is 0 Å². The fourth-order valence-corrected chi connectivity index (χ4v) is 3.67. The smallest absolute Gasteiger partial charge is 0.284 e. The molecule has 4 heterocycles. The maximum atomic E-state index is 13.3. The molecule has 3 aromatic heterocycles. The third kappa shape index (κ3) is 4.78. The van der Waals surface area contributed by atoms with Crippen LogP contribution in [0.2, 0.25) is 0 Å². The number of pyridine rings is 2. The normalized spacial score (nSPS) is 12.9. The summed E-state index contributed by atoms with van der Waals surface area (Å²) in [5, 5.41) is 15.2. The molecule has 0 aliphatic carbocycles. The molecule has 180 valence electrons. The second kappa shape index (κ2) is 10.2. The monoisotopic (exact) mass is 476 g/mol. The zero-order valence-corrected chi connectivity index (χ0v) is 19.4. The van der Waals surface area contributed by atoms with Crippen LogP contribution in [0.4, 0.5) is 11.5 Å². The van der Waals surface area contributed by atoms with Crippen molar-refractivity contribution in [2.24, 2.45) is 0 Å². The van der Waals surface area contributed by atoms with Gasteiger partial charge in [0.1, 0.15) is 35.6 Å². The summed E-state index contributed by atoms with van der Waals surface area (Å²) in [6.07, 6.45) is 5.62. The zero-order valence-electron chi connectivity index (χ0n) is 19.4. The van der Waals surface area contributed by atoms with E-state index < -0.39 is 12.2 Å². The topological polar surface area (TPSA) is 140 Å². The van der Waals surface area contributed by atoms with Crippen LogP contribution in [0.3, 0.4) is 0 Å². The Labute approximate surface area is 201 Å². The van der Waals surface area contributed by atoms with Gasteiger partial charge in [-0.25, -0.2) is 9.97 Å². The lowest BCUT2D eigenvalue weighted by Crippen LogP contribution is -2.15. The Morgan fingerprint density at radius 2 is 2.11 bits per heavy atom. The molecule has 1 aliphatic heterocycles. The standard InChI is InChI=1S/C24H24N6O5/c1-14(2)30-12-17(22-19(30)8-15(13-31)21(29-22)24-34-6-7-35-24)23(32)28-20-9-18(26-4-5-33-3)16(10-25)11-27-20/h6-9,11-14,24H,4-5H2,1-3H3,(H2,26,27,28,32). The summed E-state index contributed by atoms with van der Waals surface area (Å²) in [5.41, 5.74) is 2.75. The van der Waals surface area contributed by atoms with Crippen LogP contribution in [0, 0.1) is 11.3 Å². The van der Waals surface area contributed by atoms with Crippen molar-refractivity contribution in [3.05, 3.63) is 59.4 Å². The van der Waals surface area contributed by atoms with Crippen LogP contribution in [-0.4, -0.2) is 47.0 Å². The average Bonchev–Trinajstić information content (AvgIpc) is 3.51. The Morgan fingerprint density at radius 1 is 1.34 bits per heavy atom. The van der Waals surface area contributed by atoms with E-state index in [1.807, 2.05) is 18.4 Å². The van der Waals surface area contributed by atoms with Crippen molar-refractivity contribution in [1.82, 2.24) is 14.5 Å². The third-order valence-electron chi connectivity index (χ3n) is 5.36. The van der Waals surface area contributed by atoms with Gasteiger partial charge in [-0.3, -0.25) is 9.59 Å². The van der Waals surface area contributed by atoms with E-state index >= 15 is 0 Å². The Morgan fingerprint density at radius 3 is 2.77 bits per heavy atom. The van der Waals surface area contributed by atoms with E-state index in [2.05, 4.69) is 26.7 Å². The fraction of sp³-hybridized carbons (Fsp3) is 0.292. The van der Waals surface area contributed by atoms with Crippen LogP contribution in [0.1, 0.15) is 58.2 Å². The van der Waals surface area contributed by atoms with Crippen LogP contribution in [0.25, 0.3) is 11.0 Å². The number of anilines is 2. The number of aldehydes is 1. The first-order valence-electron chi connectivity index (χ1n) is 10.9. The number of nitriles is 1. The van der Waals surface area contributed by atoms with E-state index in [0.717, 1.165) is 0 Å². The molecule has 2 N–H and O–H groups in total. The number of carbonyl (C=O) groups is 2. The highest BCUT2D eigenvalue weighted by Gasteiger charge is 2.26. The molecule has 0 bridgehead atoms. The van der Waals surface area contributed by atoms with E-state index in [0.29, 0.717) is 52.8 Å². The number of hydrogen-bond donors (Lipinski definition) is 2. The Hall–Kier alpha value is -4.43. The van der Waals surface area contributed by atoms with Crippen molar-refractivity contribution in [3.8, 4) is 6.07 Å². The Bertz CT molecular complexity index is 1330. The number of carbonyl (C=O) groups excluding carboxylic acids is 2. The number of amides is 1. The molecule has 0 saturated carbocycles. The molecule has 0 unspecified atom stereocenters. The van der Waals surface area contributed by atoms with Gasteiger partial charge in [-0.15, -0.1) is 0 Å². The molecule has 0 aromatic carbocycles. The van der Waals surface area contributed by atoms with Gasteiger partial charge in [0.15, 0.2) is 6.29 Å². The van der Waals surface area contributed by atoms with Crippen molar-refractivity contribution in [1.29, 1.82) is 5.26 Å². The van der Waals surface area contributed by atoms with Gasteiger partial charge in [-0.2, -0.15) is 5.26 Å². The van der Waals surface area contributed by atoms with Crippen LogP contribution < -0.4 is 10.6 Å². The molecule has 0 fully saturated rings. The molecule has 3 aromatic rings. The minimum atomic E-state index is -0.876. The molecule has 1 aliphatic rings. The summed E-state index contributed by atoms with van der Waals surface area (Å²) in [4.78, 5) is 33.9. The van der Waals surface area contributed by atoms with Gasteiger partial charge < -0.3 is 29.4 Å². The highest BCUT2D eigenvalue weighted by Crippen LogP contribution is 2.31. The molecular formula is C24H24N6O5. The lowest BCUT2D eigenvalue weighted by Gasteiger charge is -2.13. The number of fused-ring (bicyclic) bond motifs is 1. The summed E-state index contributed by atoms with van der Waals surface area (Å²) < 4.78 is 17.6. The number of rotatable bonds is 9. The molecule has 0 spiro atoms. The summed E-state index contributed by atoms with van der Waals surface area (Å²) >= 11 is 0. The van der Waals surface area contributed by atoms with E-state index in [9.17, 15) is 14.9 Å². The molecule has 11 heteroatoms.